The van der Waals surface area contributed by atoms with Crippen LogP contribution in [0, 0.1) is 0 Å². The summed E-state index contributed by atoms with van der Waals surface area (Å²) in [6.07, 6.45) is 4.01. The first kappa shape index (κ1) is 19.2. The van der Waals surface area contributed by atoms with Gasteiger partial charge >= 0.3 is 0 Å². The molecule has 2 aromatic carbocycles. The number of benzene rings is 2. The third-order valence-electron chi connectivity index (χ3n) is 3.97. The number of nitrogens with one attached hydrogen (secondary N) is 2. The average Bonchev–Trinajstić information content (AvgIpc) is 2.69. The summed E-state index contributed by atoms with van der Waals surface area (Å²) in [6.45, 7) is 4.05. The number of rotatable bonds is 7. The summed E-state index contributed by atoms with van der Waals surface area (Å²) >= 11 is 0. The second-order valence-electron chi connectivity index (χ2n) is 5.92. The van der Waals surface area contributed by atoms with E-state index in [0.717, 1.165) is 17.5 Å². The van der Waals surface area contributed by atoms with Gasteiger partial charge in [-0.05, 0) is 35.6 Å². The minimum Gasteiger partial charge on any atom is -0.483 e. The Labute approximate surface area is 154 Å². The summed E-state index contributed by atoms with van der Waals surface area (Å²) in [6, 6.07) is 17.1. The predicted octanol–water partition coefficient (Wildman–Crippen LogP) is 3.44. The monoisotopic (exact) mass is 352 g/mol. The minimum absolute atomic E-state index is 0.171. The van der Waals surface area contributed by atoms with E-state index in [0.29, 0.717) is 11.7 Å². The molecular weight excluding hydrogens is 328 g/mol. The molecule has 0 heterocycles. The molecule has 0 aliphatic carbocycles. The SMILES string of the molecule is CCC(C)c1ccccc1OCC(=O)NNC(=O)/C=C/c1ccccc1. The zero-order chi connectivity index (χ0) is 18.8. The van der Waals surface area contributed by atoms with E-state index in [4.69, 9.17) is 4.74 Å². The number of hydrazine groups is 1. The Hall–Kier alpha value is -3.08. The van der Waals surface area contributed by atoms with Crippen LogP contribution in [0.25, 0.3) is 6.08 Å². The van der Waals surface area contributed by atoms with E-state index in [1.807, 2.05) is 54.6 Å². The topological polar surface area (TPSA) is 67.4 Å². The van der Waals surface area contributed by atoms with E-state index in [9.17, 15) is 9.59 Å². The highest BCUT2D eigenvalue weighted by molar-refractivity contribution is 5.93. The molecule has 2 rings (SSSR count). The van der Waals surface area contributed by atoms with E-state index in [-0.39, 0.29) is 6.61 Å². The van der Waals surface area contributed by atoms with E-state index in [1.54, 1.807) is 6.08 Å². The van der Waals surface area contributed by atoms with Crippen LogP contribution in [-0.4, -0.2) is 18.4 Å². The van der Waals surface area contributed by atoms with Crippen LogP contribution in [-0.2, 0) is 9.59 Å². The highest BCUT2D eigenvalue weighted by Gasteiger charge is 2.11. The number of ether oxygens (including phenoxy) is 1. The molecule has 1 unspecified atom stereocenters. The van der Waals surface area contributed by atoms with E-state index in [1.165, 1.54) is 6.08 Å². The normalized spacial score (nSPS) is 11.8. The first-order valence-corrected chi connectivity index (χ1v) is 8.63. The van der Waals surface area contributed by atoms with Gasteiger partial charge in [-0.3, -0.25) is 20.4 Å². The van der Waals surface area contributed by atoms with Crippen molar-refractivity contribution in [2.45, 2.75) is 26.2 Å². The van der Waals surface area contributed by atoms with E-state index < -0.39 is 11.8 Å². The molecule has 0 radical (unpaired) electrons. The van der Waals surface area contributed by atoms with Crippen LogP contribution in [0.2, 0.25) is 0 Å². The minimum atomic E-state index is -0.426. The molecule has 5 nitrogen and oxygen atoms in total. The summed E-state index contributed by atoms with van der Waals surface area (Å²) in [5, 5.41) is 0. The third-order valence-corrected chi connectivity index (χ3v) is 3.97. The van der Waals surface area contributed by atoms with Gasteiger partial charge in [-0.25, -0.2) is 0 Å². The van der Waals surface area contributed by atoms with Crippen LogP contribution in [0.1, 0.15) is 37.3 Å². The summed E-state index contributed by atoms with van der Waals surface area (Å²) in [5.74, 6) is 0.192. The Morgan fingerprint density at radius 2 is 1.73 bits per heavy atom. The van der Waals surface area contributed by atoms with Gasteiger partial charge in [0.05, 0.1) is 0 Å². The van der Waals surface area contributed by atoms with Crippen molar-refractivity contribution in [3.05, 3.63) is 71.8 Å². The van der Waals surface area contributed by atoms with Gasteiger partial charge in [0.15, 0.2) is 6.61 Å². The highest BCUT2D eigenvalue weighted by Crippen LogP contribution is 2.28. The van der Waals surface area contributed by atoms with Crippen molar-refractivity contribution in [1.29, 1.82) is 0 Å². The molecule has 2 amide bonds. The lowest BCUT2D eigenvalue weighted by Crippen LogP contribution is -2.43. The number of carbonyl (C=O) groups is 2. The van der Waals surface area contributed by atoms with Gasteiger partial charge in [-0.15, -0.1) is 0 Å². The summed E-state index contributed by atoms with van der Waals surface area (Å²) in [4.78, 5) is 23.6. The van der Waals surface area contributed by atoms with Crippen molar-refractivity contribution in [3.8, 4) is 5.75 Å². The van der Waals surface area contributed by atoms with Gasteiger partial charge in [-0.2, -0.15) is 0 Å². The zero-order valence-corrected chi connectivity index (χ0v) is 15.1. The van der Waals surface area contributed by atoms with Gasteiger partial charge in [0.2, 0.25) is 0 Å². The summed E-state index contributed by atoms with van der Waals surface area (Å²) in [7, 11) is 0. The molecule has 0 aliphatic rings. The fraction of sp³-hybridized carbons (Fsp3) is 0.238. The van der Waals surface area contributed by atoms with Crippen molar-refractivity contribution in [2.24, 2.45) is 0 Å². The quantitative estimate of drug-likeness (QED) is 0.592. The van der Waals surface area contributed by atoms with E-state index in [2.05, 4.69) is 24.7 Å². The predicted molar refractivity (Wildman–Crippen MR) is 102 cm³/mol. The first-order chi connectivity index (χ1) is 12.6. The first-order valence-electron chi connectivity index (χ1n) is 8.63. The molecule has 0 aromatic heterocycles. The fourth-order valence-corrected chi connectivity index (χ4v) is 2.33. The van der Waals surface area contributed by atoms with Crippen LogP contribution < -0.4 is 15.6 Å². The molecule has 1 atom stereocenters. The standard InChI is InChI=1S/C21H24N2O3/c1-3-16(2)18-11-7-8-12-19(18)26-15-21(25)23-22-20(24)14-13-17-9-5-4-6-10-17/h4-14,16H,3,15H2,1-2H3,(H,22,24)(H,23,25)/b14-13+. The molecular formula is C21H24N2O3. The fourth-order valence-electron chi connectivity index (χ4n) is 2.33. The van der Waals surface area contributed by atoms with Crippen LogP contribution >= 0.6 is 0 Å². The molecule has 0 bridgehead atoms. The Morgan fingerprint density at radius 1 is 1.04 bits per heavy atom. The Bertz CT molecular complexity index is 757. The number of para-hydroxylation sites is 1. The molecule has 136 valence electrons. The summed E-state index contributed by atoms with van der Waals surface area (Å²) < 4.78 is 5.60. The van der Waals surface area contributed by atoms with Gasteiger partial charge in [0.25, 0.3) is 11.8 Å². The molecule has 0 saturated carbocycles. The highest BCUT2D eigenvalue weighted by atomic mass is 16.5. The van der Waals surface area contributed by atoms with Crippen molar-refractivity contribution in [1.82, 2.24) is 10.9 Å². The number of carbonyl (C=O) groups excluding carboxylic acids is 2. The average molecular weight is 352 g/mol. The maximum Gasteiger partial charge on any atom is 0.276 e. The lowest BCUT2D eigenvalue weighted by molar-refractivity contribution is -0.128. The molecule has 0 aliphatic heterocycles. The maximum absolute atomic E-state index is 11.9. The molecule has 0 saturated heterocycles. The van der Waals surface area contributed by atoms with E-state index >= 15 is 0 Å². The van der Waals surface area contributed by atoms with Gasteiger partial charge in [0, 0.05) is 6.08 Å². The second kappa shape index (κ2) is 10.0. The maximum atomic E-state index is 11.9. The lowest BCUT2D eigenvalue weighted by atomic mass is 9.98. The molecule has 0 fully saturated rings. The van der Waals surface area contributed by atoms with Crippen molar-refractivity contribution in [3.63, 3.8) is 0 Å². The lowest BCUT2D eigenvalue weighted by Gasteiger charge is -2.15. The van der Waals surface area contributed by atoms with Gasteiger partial charge in [-0.1, -0.05) is 62.4 Å². The number of hydrogen-bond donors (Lipinski definition) is 2. The molecule has 0 spiro atoms. The zero-order valence-electron chi connectivity index (χ0n) is 15.1. The second-order valence-corrected chi connectivity index (χ2v) is 5.92. The Balaban J connectivity index is 1.79. The van der Waals surface area contributed by atoms with Gasteiger partial charge < -0.3 is 4.74 Å². The molecule has 5 heteroatoms. The number of amides is 2. The van der Waals surface area contributed by atoms with Crippen LogP contribution in [0.3, 0.4) is 0 Å². The van der Waals surface area contributed by atoms with Crippen LogP contribution in [0.5, 0.6) is 5.75 Å². The third kappa shape index (κ3) is 6.09. The molecule has 26 heavy (non-hydrogen) atoms. The number of hydrogen-bond acceptors (Lipinski definition) is 3. The smallest absolute Gasteiger partial charge is 0.276 e. The Morgan fingerprint density at radius 3 is 2.46 bits per heavy atom. The largest absolute Gasteiger partial charge is 0.483 e. The van der Waals surface area contributed by atoms with Crippen molar-refractivity contribution >= 4 is 17.9 Å². The summed E-state index contributed by atoms with van der Waals surface area (Å²) in [5.41, 5.74) is 6.64. The van der Waals surface area contributed by atoms with Crippen molar-refractivity contribution in [2.75, 3.05) is 6.61 Å². The van der Waals surface area contributed by atoms with Gasteiger partial charge in [0.1, 0.15) is 5.75 Å². The Kier molecular flexibility index (Phi) is 7.43. The van der Waals surface area contributed by atoms with Crippen LogP contribution in [0.4, 0.5) is 0 Å². The molecule has 2 aromatic rings. The van der Waals surface area contributed by atoms with Crippen LogP contribution in [0.15, 0.2) is 60.7 Å². The van der Waals surface area contributed by atoms with Crippen molar-refractivity contribution < 1.29 is 14.3 Å². The molecule has 2 N–H and O–H groups in total.